The number of carbonyl (C=O) groups excluding carboxylic acids is 4. The van der Waals surface area contributed by atoms with Gasteiger partial charge in [0.2, 0.25) is 11.8 Å². The summed E-state index contributed by atoms with van der Waals surface area (Å²) in [5.41, 5.74) is -1.92. The second-order valence-corrected chi connectivity index (χ2v) is 18.6. The minimum atomic E-state index is -6.16. The SMILES string of the molecule is O=C(CCC(=O)NCCCCCCN1C(=O)NC(c2ccccc2)(c2ccccc2)C1=O)NC/C=C/c1cn([C@H]2C[C@H](O)[C@@H](COP(=O)([O-])OP(=O)([O-])OP(=O)([O-])O)O2)c(=O)[nH]c1=O.[Na+].[Na+].[Na+]. The van der Waals surface area contributed by atoms with Gasteiger partial charge in [-0.1, -0.05) is 85.7 Å². The van der Waals surface area contributed by atoms with Crippen LogP contribution in [0.1, 0.15) is 67.9 Å². The van der Waals surface area contributed by atoms with Crippen LogP contribution in [-0.4, -0.2) is 86.7 Å². The third-order valence-corrected chi connectivity index (χ3v) is 13.4. The van der Waals surface area contributed by atoms with Gasteiger partial charge in [-0.05, 0) is 24.0 Å². The Kier molecular flexibility index (Phi) is 25.2. The van der Waals surface area contributed by atoms with Crippen molar-refractivity contribution in [2.75, 3.05) is 26.2 Å². The van der Waals surface area contributed by atoms with Gasteiger partial charge in [0, 0.05) is 45.1 Å². The van der Waals surface area contributed by atoms with Gasteiger partial charge < -0.3 is 49.9 Å². The number of ether oxygens (including phenoxy) is 1. The molecule has 0 radical (unpaired) electrons. The second kappa shape index (κ2) is 27.6. The number of aromatic nitrogens is 2. The number of hydrogen-bond donors (Lipinski definition) is 6. The van der Waals surface area contributed by atoms with E-state index in [1.807, 2.05) is 41.4 Å². The van der Waals surface area contributed by atoms with Gasteiger partial charge in [-0.25, -0.2) is 18.2 Å². The molecule has 30 heteroatoms. The Morgan fingerprint density at radius 3 is 2.03 bits per heavy atom. The Labute approximate surface area is 449 Å². The number of urea groups is 1. The van der Waals surface area contributed by atoms with E-state index in [9.17, 15) is 62.2 Å². The van der Waals surface area contributed by atoms with Crippen molar-refractivity contribution in [2.45, 2.75) is 68.9 Å². The van der Waals surface area contributed by atoms with Crippen LogP contribution in [0.5, 0.6) is 0 Å². The van der Waals surface area contributed by atoms with Crippen LogP contribution in [0.2, 0.25) is 0 Å². The van der Waals surface area contributed by atoms with E-state index in [4.69, 9.17) is 9.63 Å². The molecule has 6 atom stereocenters. The van der Waals surface area contributed by atoms with Crippen LogP contribution in [0.3, 0.4) is 0 Å². The van der Waals surface area contributed by atoms with E-state index in [0.717, 1.165) is 10.8 Å². The number of benzene rings is 2. The Morgan fingerprint density at radius 2 is 1.43 bits per heavy atom. The van der Waals surface area contributed by atoms with Gasteiger partial charge >= 0.3 is 100 Å². The maximum atomic E-state index is 13.8. The molecule has 0 spiro atoms. The van der Waals surface area contributed by atoms with E-state index in [-0.39, 0.29) is 138 Å². The van der Waals surface area contributed by atoms with E-state index in [1.165, 1.54) is 17.1 Å². The standard InChI is InChI=1S/C37H47N6O18P3.3Na/c44-28-22-32(59-29(28)24-58-63(54,55)61-64(56,57)60-62(51,52)53)43-23-25(33(47)40-35(43)49)12-11-20-39-31(46)18-17-30(45)38-19-9-1-2-10-21-42-34(48)37(41-36(42)50,26-13-5-3-6-14-26)27-15-7-4-8-16-27;;;/h3-8,11-16,23,28-29,32,44H,1-2,9-10,17-22,24H2,(H,38,45)(H,39,46)(H,41,50)(H,54,55)(H,56,57)(H,40,47,49)(H2,51,52,53);;;/q;3*+1/p-3/b12-11+;;;/t28-,29+,32+;;;/m0.../s1. The molecule has 3 heterocycles. The molecule has 2 aliphatic rings. The number of hydrogen-bond acceptors (Lipinski definition) is 17. The molecule has 0 saturated carbocycles. The van der Waals surface area contributed by atoms with Gasteiger partial charge in [-0.3, -0.25) is 47.3 Å². The maximum Gasteiger partial charge on any atom is 1.00 e. The quantitative estimate of drug-likeness (QED) is 0.0222. The number of unbranched alkanes of at least 4 members (excludes halogenated alkanes) is 3. The van der Waals surface area contributed by atoms with Gasteiger partial charge in [-0.15, -0.1) is 0 Å². The number of imide groups is 1. The number of carbonyl (C=O) groups is 4. The summed E-state index contributed by atoms with van der Waals surface area (Å²) in [6, 6.07) is 17.7. The van der Waals surface area contributed by atoms with Crippen molar-refractivity contribution in [2.24, 2.45) is 0 Å². The number of aromatic amines is 1. The molecule has 3 aromatic rings. The minimum absolute atomic E-state index is 0. The molecule has 67 heavy (non-hydrogen) atoms. The third kappa shape index (κ3) is 18.0. The summed E-state index contributed by atoms with van der Waals surface area (Å²) in [6.07, 6.45) is 1.39. The number of amides is 5. The normalized spacial score (nSPS) is 20.3. The molecule has 0 bridgehead atoms. The zero-order valence-corrected chi connectivity index (χ0v) is 45.4. The zero-order valence-electron chi connectivity index (χ0n) is 36.7. The summed E-state index contributed by atoms with van der Waals surface area (Å²) in [5.74, 6) is -1.17. The largest absolute Gasteiger partial charge is 1.00 e. The minimum Gasteiger partial charge on any atom is -0.756 e. The van der Waals surface area contributed by atoms with Crippen LogP contribution in [0.25, 0.3) is 6.08 Å². The summed E-state index contributed by atoms with van der Waals surface area (Å²) >= 11 is 0. The fourth-order valence-electron chi connectivity index (χ4n) is 6.77. The summed E-state index contributed by atoms with van der Waals surface area (Å²) < 4.78 is 51.2. The first-order valence-electron chi connectivity index (χ1n) is 19.6. The molecule has 3 unspecified atom stereocenters. The number of nitrogens with zero attached hydrogens (tertiary/aromatic N) is 2. The van der Waals surface area contributed by atoms with Crippen LogP contribution in [0, 0.1) is 0 Å². The summed E-state index contributed by atoms with van der Waals surface area (Å²) in [6.45, 7) is -0.580. The van der Waals surface area contributed by atoms with E-state index in [0.29, 0.717) is 43.4 Å². The maximum absolute atomic E-state index is 13.8. The molecule has 0 aliphatic carbocycles. The first kappa shape index (κ1) is 61.2. The molecule has 5 rings (SSSR count). The molecular weight excluding hydrogens is 978 g/mol. The predicted octanol–water partition coefficient (Wildman–Crippen LogP) is -9.27. The molecular formula is C37H44N6Na3O18P3. The molecule has 2 fully saturated rings. The second-order valence-electron chi connectivity index (χ2n) is 14.3. The van der Waals surface area contributed by atoms with E-state index in [1.54, 1.807) is 24.3 Å². The van der Waals surface area contributed by atoms with Crippen molar-refractivity contribution < 1.29 is 164 Å². The average Bonchev–Trinajstić information content (AvgIpc) is 3.72. The fraction of sp³-hybridized carbons (Fsp3) is 0.405. The van der Waals surface area contributed by atoms with Crippen molar-refractivity contribution in [1.82, 2.24) is 30.4 Å². The predicted molar refractivity (Wildman–Crippen MR) is 216 cm³/mol. The molecule has 348 valence electrons. The average molecular weight is 1020 g/mol. The Morgan fingerprint density at radius 1 is 0.851 bits per heavy atom. The van der Waals surface area contributed by atoms with E-state index < -0.39 is 77.2 Å². The summed E-state index contributed by atoms with van der Waals surface area (Å²) in [5, 5.41) is 18.6. The van der Waals surface area contributed by atoms with Crippen molar-refractivity contribution in [3.63, 3.8) is 0 Å². The monoisotopic (exact) mass is 1020 g/mol. The number of rotatable bonds is 23. The number of nitrogens with one attached hydrogen (secondary N) is 4. The van der Waals surface area contributed by atoms with E-state index >= 15 is 0 Å². The molecule has 2 aliphatic heterocycles. The molecule has 24 nitrogen and oxygen atoms in total. The first-order chi connectivity index (χ1) is 30.2. The van der Waals surface area contributed by atoms with Crippen LogP contribution in [0.15, 0.2) is 82.5 Å². The van der Waals surface area contributed by atoms with Crippen molar-refractivity contribution >= 4 is 53.3 Å². The molecule has 1 aromatic heterocycles. The van der Waals surface area contributed by atoms with Crippen LogP contribution < -0.4 is 131 Å². The van der Waals surface area contributed by atoms with E-state index in [2.05, 4.69) is 29.1 Å². The Balaban J connectivity index is 0.00000514. The van der Waals surface area contributed by atoms with Crippen LogP contribution >= 0.6 is 23.5 Å². The summed E-state index contributed by atoms with van der Waals surface area (Å²) in [7, 11) is -18.0. The van der Waals surface area contributed by atoms with Gasteiger partial charge in [0.1, 0.15) is 12.3 Å². The van der Waals surface area contributed by atoms with Crippen molar-refractivity contribution in [3.8, 4) is 0 Å². The van der Waals surface area contributed by atoms with Gasteiger partial charge in [-0.2, -0.15) is 0 Å². The molecule has 5 amide bonds. The molecule has 2 aromatic carbocycles. The van der Waals surface area contributed by atoms with Crippen LogP contribution in [-0.2, 0) is 51.5 Å². The fourth-order valence-corrected chi connectivity index (χ4v) is 9.67. The molecule has 6 N–H and O–H groups in total. The van der Waals surface area contributed by atoms with Gasteiger partial charge in [0.15, 0.2) is 5.54 Å². The smallest absolute Gasteiger partial charge is 0.756 e. The van der Waals surface area contributed by atoms with Gasteiger partial charge in [0.05, 0.1) is 18.3 Å². The number of phosphoric ester groups is 1. The summed E-state index contributed by atoms with van der Waals surface area (Å²) in [4.78, 5) is 122. The van der Waals surface area contributed by atoms with Gasteiger partial charge in [0.25, 0.3) is 34.9 Å². The topological polar surface area (TPSA) is 360 Å². The number of phosphoric acid groups is 3. The third-order valence-electron chi connectivity index (χ3n) is 9.75. The Bertz CT molecular complexity index is 2420. The first-order valence-corrected chi connectivity index (χ1v) is 24.0. The van der Waals surface area contributed by atoms with Crippen molar-refractivity contribution in [1.29, 1.82) is 0 Å². The van der Waals surface area contributed by atoms with Crippen LogP contribution in [0.4, 0.5) is 4.79 Å². The number of aliphatic hydroxyl groups is 1. The number of aliphatic hydroxyl groups excluding tert-OH is 1. The zero-order chi connectivity index (χ0) is 46.7. The van der Waals surface area contributed by atoms with Crippen molar-refractivity contribution in [3.05, 3.63) is 110 Å². The molecule has 2 saturated heterocycles. The Hall–Kier alpha value is -1.93. The number of H-pyrrole nitrogens is 1.